The van der Waals surface area contributed by atoms with E-state index in [0.29, 0.717) is 30.5 Å². The summed E-state index contributed by atoms with van der Waals surface area (Å²) in [5.74, 6) is -0.988. The minimum atomic E-state index is -0.590. The van der Waals surface area contributed by atoms with Gasteiger partial charge < -0.3 is 19.9 Å². The number of anilines is 1. The number of aromatic nitrogens is 2. The van der Waals surface area contributed by atoms with Crippen molar-refractivity contribution in [2.24, 2.45) is 11.8 Å². The zero-order valence-corrected chi connectivity index (χ0v) is 19.7. The Balaban J connectivity index is 1.72. The maximum Gasteiger partial charge on any atom is 0.318 e. The fraction of sp³-hybridized carbons (Fsp3) is 0.727. The molecule has 0 spiro atoms. The van der Waals surface area contributed by atoms with E-state index in [-0.39, 0.29) is 49.0 Å². The van der Waals surface area contributed by atoms with Gasteiger partial charge >= 0.3 is 6.01 Å². The van der Waals surface area contributed by atoms with Gasteiger partial charge in [0.1, 0.15) is 5.69 Å². The highest BCUT2D eigenvalue weighted by molar-refractivity contribution is 5.79. The third-order valence-electron chi connectivity index (χ3n) is 6.75. The van der Waals surface area contributed by atoms with E-state index in [4.69, 9.17) is 4.74 Å². The monoisotopic (exact) mass is 466 g/mol. The Bertz CT molecular complexity index is 822. The van der Waals surface area contributed by atoms with Crippen LogP contribution in [0.3, 0.4) is 0 Å². The van der Waals surface area contributed by atoms with E-state index in [1.807, 2.05) is 11.9 Å². The third-order valence-corrected chi connectivity index (χ3v) is 6.75. The van der Waals surface area contributed by atoms with Crippen molar-refractivity contribution < 1.29 is 23.9 Å². The van der Waals surface area contributed by atoms with E-state index >= 15 is 4.39 Å². The van der Waals surface area contributed by atoms with Gasteiger partial charge in [-0.3, -0.25) is 14.8 Å². The Kier molecular flexibility index (Phi) is 8.79. The molecule has 2 amide bonds. The van der Waals surface area contributed by atoms with E-state index in [0.717, 1.165) is 32.2 Å². The Hall–Kier alpha value is -2.53. The molecule has 1 aliphatic carbocycles. The Morgan fingerprint density at radius 2 is 2.09 bits per heavy atom. The number of halogens is 1. The topological polar surface area (TPSA) is 111 Å². The van der Waals surface area contributed by atoms with Crippen LogP contribution in [0.2, 0.25) is 0 Å². The van der Waals surface area contributed by atoms with Crippen LogP contribution < -0.4 is 15.0 Å². The molecule has 2 heterocycles. The second-order valence-corrected chi connectivity index (χ2v) is 9.10. The molecule has 10 nitrogen and oxygen atoms in total. The Labute approximate surface area is 194 Å². The maximum atomic E-state index is 15.4. The molecule has 1 saturated heterocycles. The van der Waals surface area contributed by atoms with Crippen molar-refractivity contribution in [3.05, 3.63) is 11.5 Å². The number of hydrogen-bond acceptors (Lipinski definition) is 8. The van der Waals surface area contributed by atoms with E-state index in [9.17, 15) is 14.8 Å². The molecule has 1 aromatic heterocycles. The van der Waals surface area contributed by atoms with Gasteiger partial charge in [-0.05, 0) is 26.3 Å². The lowest BCUT2D eigenvalue weighted by atomic mass is 9.92. The van der Waals surface area contributed by atoms with Crippen molar-refractivity contribution in [1.82, 2.24) is 25.2 Å². The lowest BCUT2D eigenvalue weighted by Gasteiger charge is -2.38. The summed E-state index contributed by atoms with van der Waals surface area (Å²) in [6.45, 7) is 3.82. The van der Waals surface area contributed by atoms with Crippen molar-refractivity contribution in [3.63, 3.8) is 0 Å². The van der Waals surface area contributed by atoms with Gasteiger partial charge in [-0.2, -0.15) is 9.97 Å². The van der Waals surface area contributed by atoms with E-state index in [1.165, 1.54) is 7.11 Å². The SMILES string of the molecule is COc1nc(CNC(=O)[C@H](CC2CCCC2)CN(O)C=O)c(F)c(N2CCN(C)[C@H](C)C2)n1. The molecule has 33 heavy (non-hydrogen) atoms. The van der Waals surface area contributed by atoms with Gasteiger partial charge in [0, 0.05) is 25.7 Å². The predicted molar refractivity (Wildman–Crippen MR) is 119 cm³/mol. The number of ether oxygens (including phenoxy) is 1. The first kappa shape index (κ1) is 25.1. The van der Waals surface area contributed by atoms with Crippen LogP contribution in [-0.4, -0.2) is 83.8 Å². The van der Waals surface area contributed by atoms with E-state index in [1.54, 1.807) is 0 Å². The van der Waals surface area contributed by atoms with Gasteiger partial charge in [0.2, 0.25) is 12.3 Å². The zero-order valence-electron chi connectivity index (χ0n) is 19.7. The molecular weight excluding hydrogens is 431 g/mol. The second-order valence-electron chi connectivity index (χ2n) is 9.10. The van der Waals surface area contributed by atoms with Crippen LogP contribution in [0.5, 0.6) is 6.01 Å². The smallest absolute Gasteiger partial charge is 0.318 e. The quantitative estimate of drug-likeness (QED) is 0.303. The minimum Gasteiger partial charge on any atom is -0.467 e. The van der Waals surface area contributed by atoms with Gasteiger partial charge in [0.25, 0.3) is 0 Å². The number of methoxy groups -OCH3 is 1. The van der Waals surface area contributed by atoms with Crippen LogP contribution in [0.4, 0.5) is 10.2 Å². The number of hydrogen-bond donors (Lipinski definition) is 2. The van der Waals surface area contributed by atoms with Gasteiger partial charge in [-0.25, -0.2) is 9.45 Å². The van der Waals surface area contributed by atoms with Crippen LogP contribution >= 0.6 is 0 Å². The summed E-state index contributed by atoms with van der Waals surface area (Å²) in [6, 6.07) is 0.269. The summed E-state index contributed by atoms with van der Waals surface area (Å²) >= 11 is 0. The van der Waals surface area contributed by atoms with E-state index < -0.39 is 11.7 Å². The minimum absolute atomic E-state index is 0.0345. The number of rotatable bonds is 10. The lowest BCUT2D eigenvalue weighted by molar-refractivity contribution is -0.155. The molecule has 1 aromatic rings. The first-order valence-electron chi connectivity index (χ1n) is 11.6. The fourth-order valence-corrected chi connectivity index (χ4v) is 4.61. The second kappa shape index (κ2) is 11.6. The number of nitrogens with zero attached hydrogens (tertiary/aromatic N) is 5. The molecule has 0 radical (unpaired) electrons. The molecule has 2 aliphatic rings. The molecular formula is C22H35FN6O4. The van der Waals surface area contributed by atoms with Crippen molar-refractivity contribution in [1.29, 1.82) is 0 Å². The molecule has 2 atom stereocenters. The molecule has 11 heteroatoms. The largest absolute Gasteiger partial charge is 0.467 e. The molecule has 1 aliphatic heterocycles. The standard InChI is InChI=1S/C22H35FN6O4/c1-15-12-28(9-8-27(15)2)20-19(23)18(25-22(26-20)33-3)11-24-21(31)17(13-29(32)14-30)10-16-6-4-5-7-16/h14-17,32H,4-13H2,1-3H3,(H,24,31)/t15-,17-/m1/s1. The number of carbonyl (C=O) groups is 2. The number of likely N-dealkylation sites (N-methyl/N-ethyl adjacent to an activating group) is 1. The summed E-state index contributed by atoms with van der Waals surface area (Å²) < 4.78 is 20.5. The van der Waals surface area contributed by atoms with Crippen LogP contribution in [-0.2, 0) is 16.1 Å². The summed E-state index contributed by atoms with van der Waals surface area (Å²) in [7, 11) is 3.44. The zero-order chi connectivity index (χ0) is 24.0. The number of piperazine rings is 1. The van der Waals surface area contributed by atoms with Crippen LogP contribution in [0.25, 0.3) is 0 Å². The number of hydroxylamine groups is 2. The molecule has 2 fully saturated rings. The number of amides is 2. The molecule has 2 N–H and O–H groups in total. The first-order chi connectivity index (χ1) is 15.8. The van der Waals surface area contributed by atoms with Gasteiger partial charge in [0.15, 0.2) is 11.6 Å². The molecule has 3 rings (SSSR count). The fourth-order valence-electron chi connectivity index (χ4n) is 4.61. The highest BCUT2D eigenvalue weighted by atomic mass is 19.1. The van der Waals surface area contributed by atoms with Crippen LogP contribution in [0, 0.1) is 17.7 Å². The normalized spacial score (nSPS) is 20.5. The van der Waals surface area contributed by atoms with Crippen molar-refractivity contribution in [3.8, 4) is 6.01 Å². The highest BCUT2D eigenvalue weighted by Crippen LogP contribution is 2.31. The summed E-state index contributed by atoms with van der Waals surface area (Å²) in [5.41, 5.74) is 0.0349. The Morgan fingerprint density at radius 3 is 2.73 bits per heavy atom. The summed E-state index contributed by atoms with van der Waals surface area (Å²) in [4.78, 5) is 36.2. The molecule has 0 aromatic carbocycles. The molecule has 0 bridgehead atoms. The predicted octanol–water partition coefficient (Wildman–Crippen LogP) is 1.42. The number of nitrogens with one attached hydrogen (secondary N) is 1. The Morgan fingerprint density at radius 1 is 1.36 bits per heavy atom. The third kappa shape index (κ3) is 6.50. The van der Waals surface area contributed by atoms with Gasteiger partial charge in [-0.1, -0.05) is 25.7 Å². The summed E-state index contributed by atoms with van der Waals surface area (Å²) in [5, 5.41) is 12.9. The lowest BCUT2D eigenvalue weighted by Crippen LogP contribution is -2.50. The average molecular weight is 467 g/mol. The van der Waals surface area contributed by atoms with Crippen molar-refractivity contribution >= 4 is 18.1 Å². The van der Waals surface area contributed by atoms with Crippen LogP contribution in [0.1, 0.15) is 44.7 Å². The van der Waals surface area contributed by atoms with Gasteiger partial charge in [0.05, 0.1) is 26.1 Å². The molecule has 1 saturated carbocycles. The number of carbonyl (C=O) groups excluding carboxylic acids is 2. The summed E-state index contributed by atoms with van der Waals surface area (Å²) in [6.07, 6.45) is 5.15. The highest BCUT2D eigenvalue weighted by Gasteiger charge is 2.29. The van der Waals surface area contributed by atoms with Crippen molar-refractivity contribution in [2.75, 3.05) is 45.2 Å². The average Bonchev–Trinajstić information content (AvgIpc) is 3.32. The van der Waals surface area contributed by atoms with E-state index in [2.05, 4.69) is 27.1 Å². The van der Waals surface area contributed by atoms with Gasteiger partial charge in [-0.15, -0.1) is 0 Å². The maximum absolute atomic E-state index is 15.4. The molecule has 184 valence electrons. The molecule has 0 unspecified atom stereocenters. The van der Waals surface area contributed by atoms with Crippen LogP contribution in [0.15, 0.2) is 0 Å². The van der Waals surface area contributed by atoms with Crippen molar-refractivity contribution in [2.45, 2.75) is 51.6 Å². The first-order valence-corrected chi connectivity index (χ1v) is 11.6.